The average molecular weight is 474 g/mol. The molecule has 1 aliphatic heterocycles. The molecule has 3 rings (SSSR count). The maximum absolute atomic E-state index is 12.9. The van der Waals surface area contributed by atoms with Gasteiger partial charge >= 0.3 is 0 Å². The van der Waals surface area contributed by atoms with Crippen LogP contribution in [0, 0.1) is 0 Å². The highest BCUT2D eigenvalue weighted by Gasteiger charge is 2.30. The van der Waals surface area contributed by atoms with Crippen LogP contribution in [0.3, 0.4) is 0 Å². The van der Waals surface area contributed by atoms with Gasteiger partial charge in [0, 0.05) is 25.2 Å². The molecule has 8 nitrogen and oxygen atoms in total. The number of benzene rings is 2. The normalized spacial score (nSPS) is 16.1. The fourth-order valence-electron chi connectivity index (χ4n) is 4.13. The molecule has 1 aliphatic rings. The molecule has 0 aliphatic carbocycles. The van der Waals surface area contributed by atoms with Crippen molar-refractivity contribution in [2.75, 3.05) is 33.3 Å². The van der Waals surface area contributed by atoms with Crippen LogP contribution >= 0.6 is 0 Å². The van der Waals surface area contributed by atoms with E-state index in [9.17, 15) is 18.0 Å². The minimum Gasteiger partial charge on any atom is -0.497 e. The number of hydrogen-bond donors (Lipinski definition) is 1. The predicted molar refractivity (Wildman–Crippen MR) is 126 cm³/mol. The van der Waals surface area contributed by atoms with Crippen molar-refractivity contribution >= 4 is 21.8 Å². The second kappa shape index (κ2) is 10.8. The molecule has 2 amide bonds. The highest BCUT2D eigenvalue weighted by Crippen LogP contribution is 2.33. The van der Waals surface area contributed by atoms with Gasteiger partial charge in [0.15, 0.2) is 0 Å². The highest BCUT2D eigenvalue weighted by atomic mass is 32.2. The van der Waals surface area contributed by atoms with Crippen molar-refractivity contribution in [2.45, 2.75) is 37.6 Å². The molecule has 0 bridgehead atoms. The summed E-state index contributed by atoms with van der Waals surface area (Å²) in [5.74, 6) is 0.0670. The van der Waals surface area contributed by atoms with Gasteiger partial charge in [0.2, 0.25) is 15.9 Å². The topological polar surface area (TPSA) is 96.0 Å². The third kappa shape index (κ3) is 5.54. The molecule has 1 saturated heterocycles. The monoisotopic (exact) mass is 473 g/mol. The largest absolute Gasteiger partial charge is 0.497 e. The molecule has 1 N–H and O–H groups in total. The van der Waals surface area contributed by atoms with Gasteiger partial charge in [-0.05, 0) is 48.7 Å². The van der Waals surface area contributed by atoms with E-state index in [1.54, 1.807) is 25.9 Å². The van der Waals surface area contributed by atoms with Crippen LogP contribution in [0.5, 0.6) is 5.75 Å². The SMILES string of the molecule is CCN(CC)S(=O)(=O)c1cccc(C(=O)NCC(=O)N2CCCC2c2cccc(OC)c2)c1. The van der Waals surface area contributed by atoms with Crippen molar-refractivity contribution in [3.8, 4) is 5.75 Å². The number of carbonyl (C=O) groups excluding carboxylic acids is 2. The Morgan fingerprint density at radius 2 is 1.85 bits per heavy atom. The fraction of sp³-hybridized carbons (Fsp3) is 0.417. The van der Waals surface area contributed by atoms with Gasteiger partial charge in [0.05, 0.1) is 24.6 Å². The Kier molecular flexibility index (Phi) is 8.10. The van der Waals surface area contributed by atoms with E-state index in [4.69, 9.17) is 4.74 Å². The van der Waals surface area contributed by atoms with Crippen LogP contribution < -0.4 is 10.1 Å². The maximum Gasteiger partial charge on any atom is 0.251 e. The number of likely N-dealkylation sites (tertiary alicyclic amines) is 1. The van der Waals surface area contributed by atoms with Gasteiger partial charge in [-0.3, -0.25) is 9.59 Å². The lowest BCUT2D eigenvalue weighted by atomic mass is 10.0. The van der Waals surface area contributed by atoms with Gasteiger partial charge in [-0.15, -0.1) is 0 Å². The first-order chi connectivity index (χ1) is 15.8. The molecular formula is C24H31N3O5S. The van der Waals surface area contributed by atoms with Crippen LogP contribution in [-0.4, -0.2) is 62.7 Å². The van der Waals surface area contributed by atoms with E-state index in [-0.39, 0.29) is 29.0 Å². The Morgan fingerprint density at radius 1 is 1.12 bits per heavy atom. The number of methoxy groups -OCH3 is 1. The molecule has 1 atom stereocenters. The zero-order valence-electron chi connectivity index (χ0n) is 19.3. The minimum absolute atomic E-state index is 0.0582. The van der Waals surface area contributed by atoms with Gasteiger partial charge in [-0.1, -0.05) is 32.0 Å². The van der Waals surface area contributed by atoms with Gasteiger partial charge < -0.3 is 15.0 Å². The molecule has 2 aromatic carbocycles. The zero-order chi connectivity index (χ0) is 24.0. The minimum atomic E-state index is -3.68. The summed E-state index contributed by atoms with van der Waals surface area (Å²) in [5, 5.41) is 2.64. The van der Waals surface area contributed by atoms with Crippen molar-refractivity contribution < 1.29 is 22.7 Å². The van der Waals surface area contributed by atoms with E-state index >= 15 is 0 Å². The van der Waals surface area contributed by atoms with Gasteiger partial charge in [-0.2, -0.15) is 4.31 Å². The van der Waals surface area contributed by atoms with Crippen molar-refractivity contribution in [1.82, 2.24) is 14.5 Å². The zero-order valence-corrected chi connectivity index (χ0v) is 20.1. The molecule has 0 saturated carbocycles. The van der Waals surface area contributed by atoms with E-state index in [1.165, 1.54) is 28.6 Å². The predicted octanol–water partition coefficient (Wildman–Crippen LogP) is 2.82. The molecule has 1 unspecified atom stereocenters. The average Bonchev–Trinajstić information content (AvgIpc) is 3.33. The Bertz CT molecular complexity index is 1100. The summed E-state index contributed by atoms with van der Waals surface area (Å²) in [6, 6.07) is 13.5. The first-order valence-electron chi connectivity index (χ1n) is 11.1. The molecule has 178 valence electrons. The fourth-order valence-corrected chi connectivity index (χ4v) is 5.63. The molecule has 33 heavy (non-hydrogen) atoms. The van der Waals surface area contributed by atoms with E-state index in [1.807, 2.05) is 24.3 Å². The summed E-state index contributed by atoms with van der Waals surface area (Å²) in [6.45, 7) is 4.67. The number of nitrogens with zero attached hydrogens (tertiary/aromatic N) is 2. The van der Waals surface area contributed by atoms with Gasteiger partial charge in [-0.25, -0.2) is 8.42 Å². The quantitative estimate of drug-likeness (QED) is 0.604. The van der Waals surface area contributed by atoms with E-state index in [0.29, 0.717) is 19.6 Å². The number of hydrogen-bond acceptors (Lipinski definition) is 5. The summed E-state index contributed by atoms with van der Waals surface area (Å²) in [4.78, 5) is 27.4. The molecule has 0 spiro atoms. The van der Waals surface area contributed by atoms with E-state index in [0.717, 1.165) is 24.2 Å². The van der Waals surface area contributed by atoms with Crippen molar-refractivity contribution in [2.24, 2.45) is 0 Å². The van der Waals surface area contributed by atoms with Crippen LogP contribution in [0.2, 0.25) is 0 Å². The van der Waals surface area contributed by atoms with E-state index < -0.39 is 15.9 Å². The Hall–Kier alpha value is -2.91. The standard InChI is InChI=1S/C24H31N3O5S/c1-4-26(5-2)33(30,31)21-12-7-10-19(16-21)24(29)25-17-23(28)27-14-8-13-22(27)18-9-6-11-20(15-18)32-3/h6-7,9-12,15-16,22H,4-5,8,13-14,17H2,1-3H3,(H,25,29). The third-order valence-electron chi connectivity index (χ3n) is 5.89. The van der Waals surface area contributed by atoms with Crippen LogP contribution in [0.15, 0.2) is 53.4 Å². The van der Waals surface area contributed by atoms with Crippen LogP contribution in [0.4, 0.5) is 0 Å². The second-order valence-corrected chi connectivity index (χ2v) is 9.76. The smallest absolute Gasteiger partial charge is 0.251 e. The van der Waals surface area contributed by atoms with Gasteiger partial charge in [0.1, 0.15) is 5.75 Å². The molecule has 1 fully saturated rings. The third-order valence-corrected chi connectivity index (χ3v) is 7.94. The molecular weight excluding hydrogens is 442 g/mol. The lowest BCUT2D eigenvalue weighted by Crippen LogP contribution is -2.40. The molecule has 1 heterocycles. The number of carbonyl (C=O) groups is 2. The molecule has 0 radical (unpaired) electrons. The van der Waals surface area contributed by atoms with Crippen molar-refractivity contribution in [3.63, 3.8) is 0 Å². The summed E-state index contributed by atoms with van der Waals surface area (Å²) < 4.78 is 32.1. The number of rotatable bonds is 9. The summed E-state index contributed by atoms with van der Waals surface area (Å²) in [7, 11) is -2.07. The first kappa shape index (κ1) is 24.7. The van der Waals surface area contributed by atoms with Crippen LogP contribution in [0.1, 0.15) is 48.7 Å². The number of amides is 2. The summed E-state index contributed by atoms with van der Waals surface area (Å²) in [6.07, 6.45) is 1.73. The number of nitrogens with one attached hydrogen (secondary N) is 1. The summed E-state index contributed by atoms with van der Waals surface area (Å²) >= 11 is 0. The molecule has 0 aromatic heterocycles. The maximum atomic E-state index is 12.9. The summed E-state index contributed by atoms with van der Waals surface area (Å²) in [5.41, 5.74) is 1.20. The lowest BCUT2D eigenvalue weighted by molar-refractivity contribution is -0.131. The molecule has 2 aromatic rings. The van der Waals surface area contributed by atoms with Crippen molar-refractivity contribution in [3.05, 3.63) is 59.7 Å². The Balaban J connectivity index is 1.67. The van der Waals surface area contributed by atoms with Crippen LogP contribution in [-0.2, 0) is 14.8 Å². The van der Waals surface area contributed by atoms with Crippen LogP contribution in [0.25, 0.3) is 0 Å². The second-order valence-electron chi connectivity index (χ2n) is 7.82. The first-order valence-corrected chi connectivity index (χ1v) is 12.6. The number of sulfonamides is 1. The van der Waals surface area contributed by atoms with Gasteiger partial charge in [0.25, 0.3) is 5.91 Å². The Morgan fingerprint density at radius 3 is 2.55 bits per heavy atom. The lowest BCUT2D eigenvalue weighted by Gasteiger charge is -2.25. The van der Waals surface area contributed by atoms with Crippen molar-refractivity contribution in [1.29, 1.82) is 0 Å². The number of ether oxygens (including phenoxy) is 1. The van der Waals surface area contributed by atoms with E-state index in [2.05, 4.69) is 5.32 Å². The highest BCUT2D eigenvalue weighted by molar-refractivity contribution is 7.89. The Labute approximate surface area is 195 Å². The molecule has 9 heteroatoms.